The van der Waals surface area contributed by atoms with Crippen molar-refractivity contribution < 1.29 is 17.9 Å². The summed E-state index contributed by atoms with van der Waals surface area (Å²) in [4.78, 5) is 12.6. The van der Waals surface area contributed by atoms with Crippen molar-refractivity contribution in [1.82, 2.24) is 4.31 Å². The molecule has 150 valence electrons. The maximum atomic E-state index is 12.9. The van der Waals surface area contributed by atoms with Crippen molar-refractivity contribution in [2.24, 2.45) is 11.8 Å². The zero-order valence-electron chi connectivity index (χ0n) is 16.4. The molecule has 1 aliphatic rings. The summed E-state index contributed by atoms with van der Waals surface area (Å²) >= 11 is 0. The highest BCUT2D eigenvalue weighted by atomic mass is 32.2. The number of nitrogens with zero attached hydrogens (tertiary/aromatic N) is 1. The number of hydrogen-bond acceptors (Lipinski definition) is 4. The Balaban J connectivity index is 1.96. The predicted octanol–water partition coefficient (Wildman–Crippen LogP) is 4.10. The van der Waals surface area contributed by atoms with E-state index in [4.69, 9.17) is 4.74 Å². The van der Waals surface area contributed by atoms with Gasteiger partial charge >= 0.3 is 0 Å². The maximum Gasteiger partial charge on any atom is 0.243 e. The number of para-hydroxylation sites is 1. The van der Waals surface area contributed by atoms with Gasteiger partial charge < -0.3 is 10.1 Å². The topological polar surface area (TPSA) is 75.7 Å². The molecule has 7 heteroatoms. The molecule has 1 N–H and O–H groups in total. The van der Waals surface area contributed by atoms with E-state index in [0.717, 1.165) is 6.42 Å². The van der Waals surface area contributed by atoms with Crippen LogP contribution in [0.2, 0.25) is 0 Å². The first kappa shape index (κ1) is 20.4. The van der Waals surface area contributed by atoms with Crippen LogP contribution in [0, 0.1) is 11.8 Å². The molecule has 0 aromatic heterocycles. The molecule has 1 aliphatic carbocycles. The first-order valence-electron chi connectivity index (χ1n) is 9.54. The summed E-state index contributed by atoms with van der Waals surface area (Å²) < 4.78 is 33.0. The van der Waals surface area contributed by atoms with Crippen LogP contribution in [0.15, 0.2) is 53.4 Å². The van der Waals surface area contributed by atoms with E-state index >= 15 is 0 Å². The van der Waals surface area contributed by atoms with Gasteiger partial charge in [-0.2, -0.15) is 4.31 Å². The number of sulfonamides is 1. The van der Waals surface area contributed by atoms with Crippen LogP contribution < -0.4 is 10.1 Å². The van der Waals surface area contributed by atoms with Gasteiger partial charge in [-0.25, -0.2) is 8.42 Å². The number of rotatable bonds is 8. The highest BCUT2D eigenvalue weighted by molar-refractivity contribution is 7.89. The van der Waals surface area contributed by atoms with E-state index in [1.165, 1.54) is 16.4 Å². The summed E-state index contributed by atoms with van der Waals surface area (Å²) in [6, 6.07) is 13.8. The van der Waals surface area contributed by atoms with Gasteiger partial charge in [0.25, 0.3) is 0 Å². The molecule has 2 atom stereocenters. The lowest BCUT2D eigenvalue weighted by Crippen LogP contribution is -2.30. The quantitative estimate of drug-likeness (QED) is 0.721. The monoisotopic (exact) mass is 402 g/mol. The summed E-state index contributed by atoms with van der Waals surface area (Å²) in [7, 11) is -3.64. The minimum absolute atomic E-state index is 0.0346. The third-order valence-electron chi connectivity index (χ3n) is 4.97. The average Bonchev–Trinajstić information content (AvgIpc) is 3.41. The molecule has 2 aromatic rings. The van der Waals surface area contributed by atoms with Crippen molar-refractivity contribution in [1.29, 1.82) is 0 Å². The van der Waals surface area contributed by atoms with E-state index in [2.05, 4.69) is 5.32 Å². The molecule has 0 saturated heterocycles. The van der Waals surface area contributed by atoms with Crippen molar-refractivity contribution in [3.8, 4) is 11.5 Å². The maximum absolute atomic E-state index is 12.9. The van der Waals surface area contributed by atoms with Gasteiger partial charge in [-0.05, 0) is 42.7 Å². The van der Waals surface area contributed by atoms with E-state index in [0.29, 0.717) is 36.2 Å². The lowest BCUT2D eigenvalue weighted by molar-refractivity contribution is -0.117. The fraction of sp³-hybridized carbons (Fsp3) is 0.381. The van der Waals surface area contributed by atoms with Crippen LogP contribution in [0.5, 0.6) is 11.5 Å². The van der Waals surface area contributed by atoms with Crippen molar-refractivity contribution >= 4 is 21.6 Å². The number of amides is 1. The number of benzene rings is 2. The highest BCUT2D eigenvalue weighted by Gasteiger charge is 2.39. The summed E-state index contributed by atoms with van der Waals surface area (Å²) in [6.07, 6.45) is 0.845. The number of ether oxygens (including phenoxy) is 1. The fourth-order valence-corrected chi connectivity index (χ4v) is 4.58. The molecule has 0 spiro atoms. The molecule has 0 heterocycles. The Kier molecular flexibility index (Phi) is 6.05. The van der Waals surface area contributed by atoms with Crippen LogP contribution in [0.25, 0.3) is 0 Å². The zero-order valence-corrected chi connectivity index (χ0v) is 17.2. The van der Waals surface area contributed by atoms with Crippen LogP contribution in [0.4, 0.5) is 5.69 Å². The Morgan fingerprint density at radius 2 is 1.79 bits per heavy atom. The Bertz CT molecular complexity index is 940. The fourth-order valence-electron chi connectivity index (χ4n) is 3.10. The highest BCUT2D eigenvalue weighted by Crippen LogP contribution is 2.40. The van der Waals surface area contributed by atoms with Crippen LogP contribution >= 0.6 is 0 Å². The molecule has 0 unspecified atom stereocenters. The summed E-state index contributed by atoms with van der Waals surface area (Å²) in [6.45, 7) is 6.37. The van der Waals surface area contributed by atoms with Crippen molar-refractivity contribution in [2.45, 2.75) is 32.1 Å². The second-order valence-corrected chi connectivity index (χ2v) is 8.91. The smallest absolute Gasteiger partial charge is 0.243 e. The standard InChI is InChI=1S/C21H26N2O4S/c1-4-23(5-2)28(25,26)17-11-12-20(27-16-9-7-6-8-10-16)19(14-17)22-21(24)18-13-15(18)3/h6-12,14-15,18H,4-5,13H2,1-3H3,(H,22,24)/t15-,18-/m0/s1. The first-order chi connectivity index (χ1) is 13.4. The third kappa shape index (κ3) is 4.36. The van der Waals surface area contributed by atoms with Gasteiger partial charge in [0.1, 0.15) is 5.75 Å². The molecule has 6 nitrogen and oxygen atoms in total. The molecule has 1 saturated carbocycles. The molecule has 1 amide bonds. The Hall–Kier alpha value is -2.38. The Morgan fingerprint density at radius 3 is 2.36 bits per heavy atom. The molecule has 0 aliphatic heterocycles. The number of nitrogens with one attached hydrogen (secondary N) is 1. The minimum Gasteiger partial charge on any atom is -0.455 e. The second kappa shape index (κ2) is 8.32. The third-order valence-corrected chi connectivity index (χ3v) is 7.02. The van der Waals surface area contributed by atoms with Gasteiger partial charge in [0.15, 0.2) is 5.75 Å². The van der Waals surface area contributed by atoms with Crippen LogP contribution in [0.3, 0.4) is 0 Å². The normalized spacial score (nSPS) is 18.7. The minimum atomic E-state index is -3.64. The van der Waals surface area contributed by atoms with Crippen molar-refractivity contribution in [3.05, 3.63) is 48.5 Å². The summed E-state index contributed by atoms with van der Waals surface area (Å²) in [5, 5.41) is 2.86. The van der Waals surface area contributed by atoms with Crippen molar-refractivity contribution in [3.63, 3.8) is 0 Å². The molecule has 3 rings (SSSR count). The van der Waals surface area contributed by atoms with Gasteiger partial charge in [-0.3, -0.25) is 4.79 Å². The SMILES string of the molecule is CCN(CC)S(=O)(=O)c1ccc(Oc2ccccc2)c(NC(=O)[C@H]2C[C@@H]2C)c1. The van der Waals surface area contributed by atoms with E-state index in [9.17, 15) is 13.2 Å². The largest absolute Gasteiger partial charge is 0.455 e. The lowest BCUT2D eigenvalue weighted by atomic mass is 10.2. The molecule has 0 bridgehead atoms. The van der Waals surface area contributed by atoms with Gasteiger partial charge in [0, 0.05) is 19.0 Å². The number of carbonyl (C=O) groups excluding carboxylic acids is 1. The van der Waals surface area contributed by atoms with E-state index < -0.39 is 10.0 Å². The van der Waals surface area contributed by atoms with Crippen LogP contribution in [0.1, 0.15) is 27.2 Å². The predicted molar refractivity (Wildman–Crippen MR) is 109 cm³/mol. The zero-order chi connectivity index (χ0) is 20.3. The van der Waals surface area contributed by atoms with Crippen molar-refractivity contribution in [2.75, 3.05) is 18.4 Å². The molecule has 2 aromatic carbocycles. The summed E-state index contributed by atoms with van der Waals surface area (Å²) in [5.74, 6) is 1.22. The Labute approximate surface area is 166 Å². The molecule has 0 radical (unpaired) electrons. The van der Waals surface area contributed by atoms with E-state index in [1.54, 1.807) is 32.0 Å². The van der Waals surface area contributed by atoms with Gasteiger partial charge in [-0.1, -0.05) is 39.0 Å². The molecular weight excluding hydrogens is 376 g/mol. The lowest BCUT2D eigenvalue weighted by Gasteiger charge is -2.20. The average molecular weight is 403 g/mol. The van der Waals surface area contributed by atoms with Crippen LogP contribution in [-0.4, -0.2) is 31.7 Å². The van der Waals surface area contributed by atoms with E-state index in [-0.39, 0.29) is 16.7 Å². The first-order valence-corrected chi connectivity index (χ1v) is 11.0. The van der Waals surface area contributed by atoms with Gasteiger partial charge in [0.05, 0.1) is 10.6 Å². The number of anilines is 1. The number of hydrogen-bond donors (Lipinski definition) is 1. The second-order valence-electron chi connectivity index (χ2n) is 6.97. The van der Waals surface area contributed by atoms with E-state index in [1.807, 2.05) is 25.1 Å². The van der Waals surface area contributed by atoms with Gasteiger partial charge in [-0.15, -0.1) is 0 Å². The van der Waals surface area contributed by atoms with Gasteiger partial charge in [0.2, 0.25) is 15.9 Å². The van der Waals surface area contributed by atoms with Crippen LogP contribution in [-0.2, 0) is 14.8 Å². The molecule has 1 fully saturated rings. The Morgan fingerprint density at radius 1 is 1.14 bits per heavy atom. The number of carbonyl (C=O) groups is 1. The molecular formula is C21H26N2O4S. The summed E-state index contributed by atoms with van der Waals surface area (Å²) in [5.41, 5.74) is 0.362. The molecule has 28 heavy (non-hydrogen) atoms.